The lowest BCUT2D eigenvalue weighted by Gasteiger charge is -2.13. The van der Waals surface area contributed by atoms with Crippen LogP contribution in [0.1, 0.15) is 12.5 Å². The predicted octanol–water partition coefficient (Wildman–Crippen LogP) is 5.12. The lowest BCUT2D eigenvalue weighted by Crippen LogP contribution is -2.36. The number of halogens is 3. The van der Waals surface area contributed by atoms with E-state index in [4.69, 9.17) is 4.74 Å². The van der Waals surface area contributed by atoms with E-state index in [-0.39, 0.29) is 23.0 Å². The Kier molecular flexibility index (Phi) is 7.86. The molecule has 32 heavy (non-hydrogen) atoms. The van der Waals surface area contributed by atoms with E-state index in [0.29, 0.717) is 23.0 Å². The molecule has 0 spiro atoms. The van der Waals surface area contributed by atoms with Crippen molar-refractivity contribution >= 4 is 56.5 Å². The molecule has 0 radical (unpaired) electrons. The van der Waals surface area contributed by atoms with Crippen molar-refractivity contribution in [1.29, 1.82) is 0 Å². The van der Waals surface area contributed by atoms with Gasteiger partial charge in [0.2, 0.25) is 5.91 Å². The molecule has 0 unspecified atom stereocenters. The summed E-state index contributed by atoms with van der Waals surface area (Å²) < 4.78 is 35.7. The molecule has 1 fully saturated rings. The second kappa shape index (κ2) is 10.6. The van der Waals surface area contributed by atoms with Crippen LogP contribution in [0.2, 0.25) is 0 Å². The van der Waals surface area contributed by atoms with E-state index in [1.807, 2.05) is 0 Å². The molecule has 0 saturated carbocycles. The Balaban J connectivity index is 1.72. The average molecular weight is 527 g/mol. The summed E-state index contributed by atoms with van der Waals surface area (Å²) in [6, 6.07) is 11.0. The normalized spacial score (nSPS) is 14.9. The third kappa shape index (κ3) is 6.07. The zero-order chi connectivity index (χ0) is 23.3. The van der Waals surface area contributed by atoms with Gasteiger partial charge in [-0.2, -0.15) is 8.78 Å². The first-order chi connectivity index (χ1) is 15.3. The summed E-state index contributed by atoms with van der Waals surface area (Å²) in [4.78, 5) is 38.1. The van der Waals surface area contributed by atoms with Gasteiger partial charge in [0.05, 0.1) is 11.5 Å². The summed E-state index contributed by atoms with van der Waals surface area (Å²) in [5.74, 6) is -1.22. The molecule has 7 nitrogen and oxygen atoms in total. The SMILES string of the molecule is CCOc1cc(/C=C2\SC(=O)N(CC(=O)Nc3ccc(Br)cc3)C2=O)ccc1OC(F)F. The monoisotopic (exact) mass is 526 g/mol. The molecule has 1 heterocycles. The average Bonchev–Trinajstić information content (AvgIpc) is 2.99. The van der Waals surface area contributed by atoms with Crippen LogP contribution >= 0.6 is 27.7 Å². The molecule has 1 saturated heterocycles. The molecule has 168 valence electrons. The largest absolute Gasteiger partial charge is 0.490 e. The fourth-order valence-corrected chi connectivity index (χ4v) is 3.84. The van der Waals surface area contributed by atoms with Gasteiger partial charge in [0, 0.05) is 10.2 Å². The lowest BCUT2D eigenvalue weighted by atomic mass is 10.2. The van der Waals surface area contributed by atoms with Gasteiger partial charge >= 0.3 is 6.61 Å². The Hall–Kier alpha value is -2.92. The van der Waals surface area contributed by atoms with Crippen molar-refractivity contribution in [2.45, 2.75) is 13.5 Å². The number of amides is 3. The van der Waals surface area contributed by atoms with E-state index in [1.165, 1.54) is 24.3 Å². The van der Waals surface area contributed by atoms with Crippen molar-refractivity contribution < 1.29 is 32.6 Å². The van der Waals surface area contributed by atoms with Gasteiger partial charge in [-0.25, -0.2) is 0 Å². The van der Waals surface area contributed by atoms with Crippen LogP contribution in [-0.2, 0) is 9.59 Å². The molecular weight excluding hydrogens is 510 g/mol. The van der Waals surface area contributed by atoms with E-state index >= 15 is 0 Å². The molecule has 3 amide bonds. The van der Waals surface area contributed by atoms with Crippen LogP contribution in [0, 0.1) is 0 Å². The van der Waals surface area contributed by atoms with Crippen molar-refractivity contribution in [1.82, 2.24) is 4.90 Å². The molecule has 2 aromatic carbocycles. The van der Waals surface area contributed by atoms with Crippen LogP contribution in [-0.4, -0.2) is 41.7 Å². The van der Waals surface area contributed by atoms with Crippen molar-refractivity contribution in [3.05, 3.63) is 57.4 Å². The number of alkyl halides is 2. The van der Waals surface area contributed by atoms with Crippen LogP contribution in [0.4, 0.5) is 19.3 Å². The van der Waals surface area contributed by atoms with Crippen LogP contribution in [0.3, 0.4) is 0 Å². The zero-order valence-corrected chi connectivity index (χ0v) is 19.0. The van der Waals surface area contributed by atoms with Gasteiger partial charge in [-0.3, -0.25) is 19.3 Å². The lowest BCUT2D eigenvalue weighted by molar-refractivity contribution is -0.127. The van der Waals surface area contributed by atoms with Gasteiger partial charge in [-0.15, -0.1) is 0 Å². The van der Waals surface area contributed by atoms with Gasteiger partial charge in [-0.05, 0) is 66.7 Å². The quantitative estimate of drug-likeness (QED) is 0.480. The van der Waals surface area contributed by atoms with Gasteiger partial charge < -0.3 is 14.8 Å². The summed E-state index contributed by atoms with van der Waals surface area (Å²) in [6.07, 6.45) is 1.42. The van der Waals surface area contributed by atoms with E-state index in [9.17, 15) is 23.2 Å². The number of rotatable bonds is 8. The minimum atomic E-state index is -3.01. The number of nitrogens with one attached hydrogen (secondary N) is 1. The minimum Gasteiger partial charge on any atom is -0.490 e. The number of carbonyl (C=O) groups is 3. The zero-order valence-electron chi connectivity index (χ0n) is 16.6. The number of imide groups is 1. The van der Waals surface area contributed by atoms with E-state index in [0.717, 1.165) is 9.37 Å². The molecule has 3 rings (SSSR count). The summed E-state index contributed by atoms with van der Waals surface area (Å²) in [5, 5.41) is 2.03. The second-order valence-corrected chi connectivity index (χ2v) is 8.25. The number of ether oxygens (including phenoxy) is 2. The smallest absolute Gasteiger partial charge is 0.387 e. The first-order valence-electron chi connectivity index (χ1n) is 9.29. The molecule has 1 aliphatic rings. The van der Waals surface area contributed by atoms with E-state index < -0.39 is 30.2 Å². The first kappa shape index (κ1) is 23.7. The molecule has 0 atom stereocenters. The summed E-state index contributed by atoms with van der Waals surface area (Å²) >= 11 is 3.97. The Bertz CT molecular complexity index is 1060. The fraction of sp³-hybridized carbons (Fsp3) is 0.190. The van der Waals surface area contributed by atoms with Crippen molar-refractivity contribution in [3.8, 4) is 11.5 Å². The highest BCUT2D eigenvalue weighted by atomic mass is 79.9. The molecule has 0 bridgehead atoms. The Morgan fingerprint density at radius 3 is 2.56 bits per heavy atom. The van der Waals surface area contributed by atoms with Gasteiger partial charge in [0.25, 0.3) is 11.1 Å². The topological polar surface area (TPSA) is 84.9 Å². The van der Waals surface area contributed by atoms with Crippen LogP contribution < -0.4 is 14.8 Å². The highest BCUT2D eigenvalue weighted by Crippen LogP contribution is 2.35. The third-order valence-corrected chi connectivity index (χ3v) is 5.52. The maximum absolute atomic E-state index is 12.7. The molecule has 0 aliphatic carbocycles. The first-order valence-corrected chi connectivity index (χ1v) is 10.9. The third-order valence-electron chi connectivity index (χ3n) is 4.08. The molecule has 11 heteroatoms. The van der Waals surface area contributed by atoms with Gasteiger partial charge in [-0.1, -0.05) is 22.0 Å². The molecule has 0 aromatic heterocycles. The van der Waals surface area contributed by atoms with Gasteiger partial charge in [0.1, 0.15) is 6.54 Å². The van der Waals surface area contributed by atoms with Crippen molar-refractivity contribution in [2.75, 3.05) is 18.5 Å². The van der Waals surface area contributed by atoms with Crippen molar-refractivity contribution in [3.63, 3.8) is 0 Å². The van der Waals surface area contributed by atoms with Crippen molar-refractivity contribution in [2.24, 2.45) is 0 Å². The van der Waals surface area contributed by atoms with Crippen LogP contribution in [0.5, 0.6) is 11.5 Å². The van der Waals surface area contributed by atoms with Gasteiger partial charge in [0.15, 0.2) is 11.5 Å². The number of carbonyl (C=O) groups excluding carboxylic acids is 3. The maximum atomic E-state index is 12.7. The number of hydrogen-bond donors (Lipinski definition) is 1. The molecule has 1 N–H and O–H groups in total. The van der Waals surface area contributed by atoms with E-state index in [1.54, 1.807) is 31.2 Å². The second-order valence-electron chi connectivity index (χ2n) is 6.34. The predicted molar refractivity (Wildman–Crippen MR) is 120 cm³/mol. The summed E-state index contributed by atoms with van der Waals surface area (Å²) in [5.41, 5.74) is 0.968. The number of thioether (sulfide) groups is 1. The Labute approximate surface area is 194 Å². The van der Waals surface area contributed by atoms with Crippen LogP contribution in [0.25, 0.3) is 6.08 Å². The highest BCUT2D eigenvalue weighted by molar-refractivity contribution is 9.10. The number of nitrogens with zero attached hydrogens (tertiary/aromatic N) is 1. The number of hydrogen-bond acceptors (Lipinski definition) is 6. The number of benzene rings is 2. The molecule has 1 aliphatic heterocycles. The number of anilines is 1. The molecular formula is C21H17BrF2N2O5S. The standard InChI is InChI=1S/C21H17BrF2N2O5S/c1-2-30-16-9-12(3-8-15(16)31-20(23)24)10-17-19(28)26(21(29)32-17)11-18(27)25-14-6-4-13(22)5-7-14/h3-10,20H,2,11H2,1H3,(H,25,27)/b17-10-. The summed E-state index contributed by atoms with van der Waals surface area (Å²) in [6.45, 7) is -1.56. The Morgan fingerprint density at radius 1 is 1.19 bits per heavy atom. The fourth-order valence-electron chi connectivity index (χ4n) is 2.74. The molecule has 2 aromatic rings. The van der Waals surface area contributed by atoms with E-state index in [2.05, 4.69) is 26.0 Å². The highest BCUT2D eigenvalue weighted by Gasteiger charge is 2.36. The Morgan fingerprint density at radius 2 is 1.91 bits per heavy atom. The minimum absolute atomic E-state index is 0.0784. The summed E-state index contributed by atoms with van der Waals surface area (Å²) in [7, 11) is 0. The van der Waals surface area contributed by atoms with Crippen LogP contribution in [0.15, 0.2) is 51.8 Å². The maximum Gasteiger partial charge on any atom is 0.387 e.